The van der Waals surface area contributed by atoms with E-state index in [1.807, 2.05) is 7.05 Å². The second-order valence-corrected chi connectivity index (χ2v) is 9.10. The Hall–Kier alpha value is -0.810. The maximum absolute atomic E-state index is 4.49. The van der Waals surface area contributed by atoms with E-state index in [2.05, 4.69) is 60.2 Å². The second-order valence-electron chi connectivity index (χ2n) is 9.10. The molecule has 2 N–H and O–H groups in total. The topological polar surface area (TPSA) is 42.9 Å². The van der Waals surface area contributed by atoms with Crippen molar-refractivity contribution in [3.63, 3.8) is 0 Å². The van der Waals surface area contributed by atoms with Crippen LogP contribution in [-0.2, 0) is 0 Å². The van der Waals surface area contributed by atoms with Crippen molar-refractivity contribution in [2.75, 3.05) is 46.8 Å². The van der Waals surface area contributed by atoms with E-state index in [-0.39, 0.29) is 0 Å². The predicted octanol–water partition coefficient (Wildman–Crippen LogP) is 2.64. The van der Waals surface area contributed by atoms with Gasteiger partial charge in [0.15, 0.2) is 5.96 Å². The Morgan fingerprint density at radius 3 is 2.12 bits per heavy atom. The lowest BCUT2D eigenvalue weighted by molar-refractivity contribution is 0.0899. The van der Waals surface area contributed by atoms with E-state index in [1.54, 1.807) is 0 Å². The molecular formula is C21H43N5. The molecule has 1 aliphatic carbocycles. The first-order valence-electron chi connectivity index (χ1n) is 10.8. The molecule has 1 unspecified atom stereocenters. The highest BCUT2D eigenvalue weighted by atomic mass is 15.3. The van der Waals surface area contributed by atoms with Gasteiger partial charge in [-0.05, 0) is 50.5 Å². The van der Waals surface area contributed by atoms with E-state index < -0.39 is 0 Å². The third kappa shape index (κ3) is 6.41. The number of nitrogens with one attached hydrogen (secondary N) is 2. The normalized spacial score (nSPS) is 27.8. The summed E-state index contributed by atoms with van der Waals surface area (Å²) in [5.41, 5.74) is 0. The van der Waals surface area contributed by atoms with Crippen LogP contribution in [0.2, 0.25) is 0 Å². The summed E-state index contributed by atoms with van der Waals surface area (Å²) in [5, 5.41) is 7.31. The molecule has 0 aromatic rings. The van der Waals surface area contributed by atoms with Gasteiger partial charge in [0.2, 0.25) is 0 Å². The number of hydrogen-bond acceptors (Lipinski definition) is 3. The second kappa shape index (κ2) is 10.5. The SMILES string of the molecule is CN=C(NCC(C(C)C)N1CCN(C)CC1)NC1CCC(C(C)C)CC1. The Labute approximate surface area is 162 Å². The highest BCUT2D eigenvalue weighted by Crippen LogP contribution is 2.29. The fourth-order valence-electron chi connectivity index (χ4n) is 4.46. The zero-order valence-corrected chi connectivity index (χ0v) is 18.1. The standard InChI is InChI=1S/C21H43N5/c1-16(2)18-7-9-19(10-8-18)24-21(22-5)23-15-20(17(3)4)26-13-11-25(6)12-14-26/h16-20H,7-15H2,1-6H3,(H2,22,23,24). The fraction of sp³-hybridized carbons (Fsp3) is 0.952. The van der Waals surface area contributed by atoms with E-state index in [0.717, 1.165) is 24.3 Å². The lowest BCUT2D eigenvalue weighted by atomic mass is 9.80. The van der Waals surface area contributed by atoms with Crippen LogP contribution in [0.4, 0.5) is 0 Å². The van der Waals surface area contributed by atoms with Gasteiger partial charge in [-0.15, -0.1) is 0 Å². The summed E-state index contributed by atoms with van der Waals surface area (Å²) < 4.78 is 0. The summed E-state index contributed by atoms with van der Waals surface area (Å²) in [7, 11) is 4.12. The van der Waals surface area contributed by atoms with Gasteiger partial charge in [-0.2, -0.15) is 0 Å². The molecule has 152 valence electrons. The Morgan fingerprint density at radius 2 is 1.62 bits per heavy atom. The molecule has 1 atom stereocenters. The monoisotopic (exact) mass is 365 g/mol. The Bertz CT molecular complexity index is 418. The lowest BCUT2D eigenvalue weighted by Crippen LogP contribution is -2.55. The summed E-state index contributed by atoms with van der Waals surface area (Å²) >= 11 is 0. The Balaban J connectivity index is 1.79. The van der Waals surface area contributed by atoms with Crippen molar-refractivity contribution in [1.82, 2.24) is 20.4 Å². The number of rotatable bonds is 6. The summed E-state index contributed by atoms with van der Waals surface area (Å²) in [6.07, 6.45) is 5.25. The molecule has 2 rings (SSSR count). The van der Waals surface area contributed by atoms with Crippen LogP contribution in [0.1, 0.15) is 53.4 Å². The molecule has 1 heterocycles. The van der Waals surface area contributed by atoms with E-state index >= 15 is 0 Å². The number of hydrogen-bond donors (Lipinski definition) is 2. The van der Waals surface area contributed by atoms with Crippen molar-refractivity contribution in [2.45, 2.75) is 65.5 Å². The quantitative estimate of drug-likeness (QED) is 0.561. The Kier molecular flexibility index (Phi) is 8.68. The molecular weight excluding hydrogens is 322 g/mol. The van der Waals surface area contributed by atoms with Crippen molar-refractivity contribution < 1.29 is 0 Å². The van der Waals surface area contributed by atoms with Gasteiger partial charge < -0.3 is 15.5 Å². The number of piperazine rings is 1. The fourth-order valence-corrected chi connectivity index (χ4v) is 4.46. The first kappa shape index (κ1) is 21.5. The smallest absolute Gasteiger partial charge is 0.191 e. The van der Waals surface area contributed by atoms with Crippen LogP contribution in [-0.4, -0.2) is 74.7 Å². The minimum atomic E-state index is 0.568. The number of likely N-dealkylation sites (N-methyl/N-ethyl adjacent to an activating group) is 1. The highest BCUT2D eigenvalue weighted by Gasteiger charge is 2.26. The molecule has 0 spiro atoms. The van der Waals surface area contributed by atoms with Gasteiger partial charge in [-0.25, -0.2) is 0 Å². The summed E-state index contributed by atoms with van der Waals surface area (Å²) in [6, 6.07) is 1.15. The third-order valence-corrected chi connectivity index (χ3v) is 6.53. The summed E-state index contributed by atoms with van der Waals surface area (Å²) in [6.45, 7) is 15.1. The van der Waals surface area contributed by atoms with Gasteiger partial charge in [0.05, 0.1) is 0 Å². The molecule has 5 nitrogen and oxygen atoms in total. The maximum atomic E-state index is 4.49. The van der Waals surface area contributed by atoms with Gasteiger partial charge in [-0.1, -0.05) is 27.7 Å². The number of guanidine groups is 1. The van der Waals surface area contributed by atoms with Crippen LogP contribution in [0.25, 0.3) is 0 Å². The predicted molar refractivity (Wildman–Crippen MR) is 113 cm³/mol. The minimum Gasteiger partial charge on any atom is -0.355 e. The molecule has 26 heavy (non-hydrogen) atoms. The van der Waals surface area contributed by atoms with Gasteiger partial charge in [0, 0.05) is 51.9 Å². The van der Waals surface area contributed by atoms with Crippen LogP contribution >= 0.6 is 0 Å². The maximum Gasteiger partial charge on any atom is 0.191 e. The third-order valence-electron chi connectivity index (χ3n) is 6.53. The largest absolute Gasteiger partial charge is 0.355 e. The number of aliphatic imine (C=N–C) groups is 1. The van der Waals surface area contributed by atoms with Gasteiger partial charge in [-0.3, -0.25) is 9.89 Å². The van der Waals surface area contributed by atoms with Crippen LogP contribution in [0.15, 0.2) is 4.99 Å². The van der Waals surface area contributed by atoms with Crippen LogP contribution in [0.3, 0.4) is 0 Å². The van der Waals surface area contributed by atoms with Crippen molar-refractivity contribution in [2.24, 2.45) is 22.7 Å². The molecule has 0 radical (unpaired) electrons. The van der Waals surface area contributed by atoms with Crippen LogP contribution in [0, 0.1) is 17.8 Å². The van der Waals surface area contributed by atoms with Crippen LogP contribution < -0.4 is 10.6 Å². The first-order valence-corrected chi connectivity index (χ1v) is 10.8. The van der Waals surface area contributed by atoms with E-state index in [4.69, 9.17) is 0 Å². The zero-order chi connectivity index (χ0) is 19.1. The molecule has 0 aromatic heterocycles. The lowest BCUT2D eigenvalue weighted by Gasteiger charge is -2.40. The van der Waals surface area contributed by atoms with E-state index in [9.17, 15) is 0 Å². The van der Waals surface area contributed by atoms with Gasteiger partial charge in [0.25, 0.3) is 0 Å². The minimum absolute atomic E-state index is 0.568. The van der Waals surface area contributed by atoms with Crippen molar-refractivity contribution in [1.29, 1.82) is 0 Å². The van der Waals surface area contributed by atoms with Crippen molar-refractivity contribution in [3.8, 4) is 0 Å². The average Bonchev–Trinajstić information content (AvgIpc) is 2.62. The highest BCUT2D eigenvalue weighted by molar-refractivity contribution is 5.80. The number of nitrogens with zero attached hydrogens (tertiary/aromatic N) is 3. The molecule has 5 heteroatoms. The molecule has 2 aliphatic rings. The summed E-state index contributed by atoms with van der Waals surface area (Å²) in [4.78, 5) is 9.57. The molecule has 1 saturated heterocycles. The van der Waals surface area contributed by atoms with E-state index in [1.165, 1.54) is 51.9 Å². The average molecular weight is 366 g/mol. The molecule has 1 saturated carbocycles. The molecule has 0 aromatic carbocycles. The molecule has 2 fully saturated rings. The van der Waals surface area contributed by atoms with E-state index in [0.29, 0.717) is 18.0 Å². The van der Waals surface area contributed by atoms with Crippen molar-refractivity contribution >= 4 is 5.96 Å². The summed E-state index contributed by atoms with van der Waals surface area (Å²) in [5.74, 6) is 3.36. The Morgan fingerprint density at radius 1 is 1.00 bits per heavy atom. The first-order chi connectivity index (χ1) is 12.4. The van der Waals surface area contributed by atoms with Crippen LogP contribution in [0.5, 0.6) is 0 Å². The van der Waals surface area contributed by atoms with Crippen molar-refractivity contribution in [3.05, 3.63) is 0 Å². The molecule has 1 aliphatic heterocycles. The molecule has 0 amide bonds. The van der Waals surface area contributed by atoms with Gasteiger partial charge >= 0.3 is 0 Å². The molecule has 0 bridgehead atoms. The van der Waals surface area contributed by atoms with Gasteiger partial charge in [0.1, 0.15) is 0 Å². The zero-order valence-electron chi connectivity index (χ0n) is 18.1.